The summed E-state index contributed by atoms with van der Waals surface area (Å²) in [7, 11) is 0. The highest BCUT2D eigenvalue weighted by Crippen LogP contribution is 2.43. The quantitative estimate of drug-likeness (QED) is 0.458. The van der Waals surface area contributed by atoms with Gasteiger partial charge in [-0.05, 0) is 13.8 Å². The van der Waals surface area contributed by atoms with Crippen LogP contribution in [0.25, 0.3) is 11.2 Å². The molecule has 0 unspecified atom stereocenters. The van der Waals surface area contributed by atoms with E-state index in [1.165, 1.54) is 6.33 Å². The Balaban J connectivity index is 1.76. The smallest absolute Gasteiger partial charge is 0.207 e. The normalized spacial score (nSPS) is 32.0. The van der Waals surface area contributed by atoms with Gasteiger partial charge in [-0.1, -0.05) is 5.22 Å². The molecular formula is C13H18N8O3. The molecule has 2 aliphatic rings. The van der Waals surface area contributed by atoms with Gasteiger partial charge in [0.05, 0.1) is 6.33 Å². The van der Waals surface area contributed by atoms with Gasteiger partial charge in [0.2, 0.25) is 5.82 Å². The molecule has 0 aromatic carbocycles. The summed E-state index contributed by atoms with van der Waals surface area (Å²) in [6, 6.07) is 0. The summed E-state index contributed by atoms with van der Waals surface area (Å²) < 4.78 is 19.7. The molecule has 0 amide bonds. The molecule has 0 saturated carbocycles. The average Bonchev–Trinajstić information content (AvgIpc) is 3.18. The monoisotopic (exact) mass is 334 g/mol. The molecule has 0 bridgehead atoms. The first kappa shape index (κ1) is 15.3. The Morgan fingerprint density at radius 1 is 1.25 bits per heavy atom. The maximum absolute atomic E-state index is 6.03. The number of imidazole rings is 1. The largest absolute Gasteiger partial charge is 0.348 e. The van der Waals surface area contributed by atoms with E-state index in [1.807, 2.05) is 13.8 Å². The third-order valence-electron chi connectivity index (χ3n) is 4.12. The summed E-state index contributed by atoms with van der Waals surface area (Å²) in [6.07, 6.45) is 1.66. The van der Waals surface area contributed by atoms with E-state index in [4.69, 9.17) is 25.8 Å². The molecule has 0 aliphatic carbocycles. The Hall–Kier alpha value is -2.21. The molecule has 0 radical (unpaired) electrons. The van der Waals surface area contributed by atoms with Crippen molar-refractivity contribution in [3.63, 3.8) is 0 Å². The van der Waals surface area contributed by atoms with Gasteiger partial charge in [0, 0.05) is 6.54 Å². The summed E-state index contributed by atoms with van der Waals surface area (Å²) in [5, 5.41) is 7.01. The molecule has 2 saturated heterocycles. The predicted octanol–water partition coefficient (Wildman–Crippen LogP) is 0.160. The first-order chi connectivity index (χ1) is 11.5. The molecule has 4 heterocycles. The number of hydrogen-bond acceptors (Lipinski definition) is 9. The van der Waals surface area contributed by atoms with E-state index in [-0.39, 0.29) is 24.1 Å². The average molecular weight is 334 g/mol. The number of nitrogens with zero attached hydrogens (tertiary/aromatic N) is 6. The maximum Gasteiger partial charge on any atom is 0.207 e. The van der Waals surface area contributed by atoms with Gasteiger partial charge in [-0.25, -0.2) is 15.0 Å². The van der Waals surface area contributed by atoms with E-state index in [2.05, 4.69) is 25.3 Å². The van der Waals surface area contributed by atoms with Crippen LogP contribution in [-0.2, 0) is 14.2 Å². The van der Waals surface area contributed by atoms with Crippen molar-refractivity contribution in [2.45, 2.75) is 44.2 Å². The lowest BCUT2D eigenvalue weighted by Gasteiger charge is -2.24. The van der Waals surface area contributed by atoms with Crippen molar-refractivity contribution < 1.29 is 14.2 Å². The van der Waals surface area contributed by atoms with Crippen LogP contribution in [0.4, 0.5) is 5.82 Å². The Labute approximate surface area is 137 Å². The molecule has 11 nitrogen and oxygen atoms in total. The van der Waals surface area contributed by atoms with Gasteiger partial charge in [0.25, 0.3) is 0 Å². The molecule has 11 heteroatoms. The zero-order chi connectivity index (χ0) is 16.9. The second-order valence-corrected chi connectivity index (χ2v) is 6.10. The van der Waals surface area contributed by atoms with Gasteiger partial charge in [-0.15, -0.1) is 5.11 Å². The standard InChI is InChI=1S/C13H18N8O3/c1-13(2)23-8-6(3-14)22-12(9(8)24-13)21-5-18-7-10(19-20-15)16-4-17-11(7)21/h4-6,8-9,12H,3,14H2,1-2H3,(H2,15,16,17,19)/t6-,8-,9-,12-/m1/s1. The molecule has 128 valence electrons. The van der Waals surface area contributed by atoms with Gasteiger partial charge in [0.1, 0.15) is 24.6 Å². The lowest BCUT2D eigenvalue weighted by atomic mass is 10.1. The summed E-state index contributed by atoms with van der Waals surface area (Å²) in [5.74, 6) is 4.69. The van der Waals surface area contributed by atoms with Crippen molar-refractivity contribution in [2.24, 2.45) is 21.9 Å². The number of fused-ring (bicyclic) bond motifs is 2. The van der Waals surface area contributed by atoms with Crippen LogP contribution in [0.5, 0.6) is 0 Å². The molecule has 2 fully saturated rings. The van der Waals surface area contributed by atoms with Gasteiger partial charge >= 0.3 is 0 Å². The fraction of sp³-hybridized carbons (Fsp3) is 0.615. The van der Waals surface area contributed by atoms with E-state index in [1.54, 1.807) is 10.9 Å². The Morgan fingerprint density at radius 2 is 2.04 bits per heavy atom. The van der Waals surface area contributed by atoms with Gasteiger partial charge in [0.15, 0.2) is 23.2 Å². The fourth-order valence-corrected chi connectivity index (χ4v) is 3.23. The van der Waals surface area contributed by atoms with Crippen LogP contribution in [0, 0.1) is 0 Å². The zero-order valence-electron chi connectivity index (χ0n) is 13.2. The molecule has 2 aliphatic heterocycles. The SMILES string of the molecule is CC1(C)O[C@@H]2[C@H](O1)[C@@H](CN)O[C@H]2n1cnc2c(N=NN)ncnc21. The minimum atomic E-state index is -0.699. The number of aromatic nitrogens is 4. The topological polar surface area (TPSA) is 148 Å². The molecule has 24 heavy (non-hydrogen) atoms. The van der Waals surface area contributed by atoms with Crippen LogP contribution in [-0.4, -0.2) is 50.2 Å². The first-order valence-corrected chi connectivity index (χ1v) is 7.53. The molecule has 2 aromatic heterocycles. The van der Waals surface area contributed by atoms with Crippen molar-refractivity contribution in [2.75, 3.05) is 6.54 Å². The lowest BCUT2D eigenvalue weighted by Crippen LogP contribution is -2.34. The van der Waals surface area contributed by atoms with Crippen LogP contribution < -0.4 is 11.6 Å². The van der Waals surface area contributed by atoms with Gasteiger partial charge < -0.3 is 25.8 Å². The number of nitrogens with two attached hydrogens (primary N) is 2. The summed E-state index contributed by atoms with van der Waals surface area (Å²) in [6.45, 7) is 4.05. The number of hydrogen-bond donors (Lipinski definition) is 2. The Morgan fingerprint density at radius 3 is 2.79 bits per heavy atom. The maximum atomic E-state index is 6.03. The summed E-state index contributed by atoms with van der Waals surface area (Å²) in [5.41, 5.74) is 6.83. The highest BCUT2D eigenvalue weighted by molar-refractivity contribution is 5.80. The van der Waals surface area contributed by atoms with Crippen molar-refractivity contribution in [1.82, 2.24) is 19.5 Å². The van der Waals surface area contributed by atoms with E-state index < -0.39 is 12.0 Å². The van der Waals surface area contributed by atoms with E-state index in [0.29, 0.717) is 17.7 Å². The van der Waals surface area contributed by atoms with Crippen LogP contribution >= 0.6 is 0 Å². The van der Waals surface area contributed by atoms with Crippen molar-refractivity contribution in [3.8, 4) is 0 Å². The fourth-order valence-electron chi connectivity index (χ4n) is 3.23. The minimum Gasteiger partial charge on any atom is -0.348 e. The molecular weight excluding hydrogens is 316 g/mol. The highest BCUT2D eigenvalue weighted by Gasteiger charge is 2.55. The van der Waals surface area contributed by atoms with E-state index in [0.717, 1.165) is 0 Å². The molecule has 4 atom stereocenters. The predicted molar refractivity (Wildman–Crippen MR) is 80.8 cm³/mol. The Bertz CT molecular complexity index is 791. The van der Waals surface area contributed by atoms with Gasteiger partial charge in [-0.3, -0.25) is 4.57 Å². The van der Waals surface area contributed by atoms with E-state index >= 15 is 0 Å². The molecule has 4 rings (SSSR count). The number of ether oxygens (including phenoxy) is 3. The van der Waals surface area contributed by atoms with Gasteiger partial charge in [-0.2, -0.15) is 0 Å². The highest BCUT2D eigenvalue weighted by atomic mass is 16.8. The third kappa shape index (κ3) is 2.24. The number of rotatable bonds is 3. The van der Waals surface area contributed by atoms with Crippen LogP contribution in [0.15, 0.2) is 23.0 Å². The van der Waals surface area contributed by atoms with E-state index in [9.17, 15) is 0 Å². The summed E-state index contributed by atoms with van der Waals surface area (Å²) >= 11 is 0. The second kappa shape index (κ2) is 5.41. The molecule has 0 spiro atoms. The van der Waals surface area contributed by atoms with Crippen molar-refractivity contribution >= 4 is 17.0 Å². The van der Waals surface area contributed by atoms with Crippen molar-refractivity contribution in [1.29, 1.82) is 0 Å². The lowest BCUT2D eigenvalue weighted by molar-refractivity contribution is -0.195. The zero-order valence-corrected chi connectivity index (χ0v) is 13.2. The minimum absolute atomic E-state index is 0.252. The van der Waals surface area contributed by atoms with Crippen LogP contribution in [0.3, 0.4) is 0 Å². The van der Waals surface area contributed by atoms with Crippen LogP contribution in [0.2, 0.25) is 0 Å². The summed E-state index contributed by atoms with van der Waals surface area (Å²) in [4.78, 5) is 12.6. The van der Waals surface area contributed by atoms with Crippen molar-refractivity contribution in [3.05, 3.63) is 12.7 Å². The molecule has 4 N–H and O–H groups in total. The van der Waals surface area contributed by atoms with Crippen LogP contribution in [0.1, 0.15) is 20.1 Å². The Kier molecular flexibility index (Phi) is 3.46. The first-order valence-electron chi connectivity index (χ1n) is 7.53. The second-order valence-electron chi connectivity index (χ2n) is 6.10. The third-order valence-corrected chi connectivity index (χ3v) is 4.12. The molecule has 2 aromatic rings.